The Morgan fingerprint density at radius 1 is 1.15 bits per heavy atom. The third kappa shape index (κ3) is 4.72. The number of ether oxygens (including phenoxy) is 2. The molecule has 0 aliphatic heterocycles. The molecule has 0 N–H and O–H groups in total. The molecule has 3 rings (SSSR count). The van der Waals surface area contributed by atoms with Crippen molar-refractivity contribution in [2.24, 2.45) is 0 Å². The SMILES string of the molecule is COc1ccccc1CN(C)C(=O)COC(=O)c1csc(-c2cccs2)n1. The standard InChI is InChI=1S/C19H18N2O4S2/c1-21(10-13-6-3-4-7-15(13)24-2)17(22)11-25-19(23)14-12-27-18(20-14)16-8-5-9-26-16/h3-9,12H,10-11H2,1-2H3. The van der Waals surface area contributed by atoms with E-state index in [0.717, 1.165) is 15.4 Å². The molecule has 0 bridgehead atoms. The van der Waals surface area contributed by atoms with Gasteiger partial charge in [-0.2, -0.15) is 0 Å². The van der Waals surface area contributed by atoms with Gasteiger partial charge in [0.15, 0.2) is 12.3 Å². The van der Waals surface area contributed by atoms with Crippen molar-refractivity contribution in [3.05, 3.63) is 58.4 Å². The Balaban J connectivity index is 1.54. The minimum absolute atomic E-state index is 0.212. The number of carbonyl (C=O) groups excluding carboxylic acids is 2. The summed E-state index contributed by atoms with van der Waals surface area (Å²) >= 11 is 2.92. The van der Waals surface area contributed by atoms with Crippen LogP contribution in [0.3, 0.4) is 0 Å². The third-order valence-electron chi connectivity index (χ3n) is 3.80. The second-order valence-corrected chi connectivity index (χ2v) is 7.46. The Bertz CT molecular complexity index is 921. The lowest BCUT2D eigenvalue weighted by atomic mass is 10.2. The minimum Gasteiger partial charge on any atom is -0.496 e. The van der Waals surface area contributed by atoms with Gasteiger partial charge in [-0.15, -0.1) is 22.7 Å². The maximum atomic E-state index is 12.3. The van der Waals surface area contributed by atoms with Gasteiger partial charge in [0.1, 0.15) is 10.8 Å². The van der Waals surface area contributed by atoms with E-state index in [9.17, 15) is 9.59 Å². The molecule has 8 heteroatoms. The van der Waals surface area contributed by atoms with Gasteiger partial charge < -0.3 is 14.4 Å². The van der Waals surface area contributed by atoms with Crippen LogP contribution < -0.4 is 4.74 Å². The molecular formula is C19H18N2O4S2. The molecule has 0 spiro atoms. The zero-order valence-electron chi connectivity index (χ0n) is 14.9. The van der Waals surface area contributed by atoms with Crippen LogP contribution in [-0.4, -0.2) is 42.5 Å². The van der Waals surface area contributed by atoms with Crippen LogP contribution in [0.5, 0.6) is 5.75 Å². The molecule has 6 nitrogen and oxygen atoms in total. The Labute approximate surface area is 165 Å². The highest BCUT2D eigenvalue weighted by Crippen LogP contribution is 2.28. The van der Waals surface area contributed by atoms with Crippen LogP contribution >= 0.6 is 22.7 Å². The molecule has 0 atom stereocenters. The molecule has 3 aromatic rings. The highest BCUT2D eigenvalue weighted by atomic mass is 32.1. The van der Waals surface area contributed by atoms with Gasteiger partial charge in [-0.25, -0.2) is 9.78 Å². The van der Waals surface area contributed by atoms with Crippen molar-refractivity contribution < 1.29 is 19.1 Å². The van der Waals surface area contributed by atoms with Crippen LogP contribution in [0.2, 0.25) is 0 Å². The Kier molecular flexibility index (Phi) is 6.20. The van der Waals surface area contributed by atoms with Crippen molar-refractivity contribution in [3.63, 3.8) is 0 Å². The van der Waals surface area contributed by atoms with E-state index in [1.54, 1.807) is 30.9 Å². The molecule has 0 saturated carbocycles. The highest BCUT2D eigenvalue weighted by molar-refractivity contribution is 7.20. The smallest absolute Gasteiger partial charge is 0.358 e. The van der Waals surface area contributed by atoms with Crippen molar-refractivity contribution in [1.29, 1.82) is 0 Å². The quantitative estimate of drug-likeness (QED) is 0.564. The number of amides is 1. The lowest BCUT2D eigenvalue weighted by Gasteiger charge is -2.18. The van der Waals surface area contributed by atoms with Gasteiger partial charge in [0.05, 0.1) is 12.0 Å². The number of thiophene rings is 1. The summed E-state index contributed by atoms with van der Waals surface area (Å²) in [6.07, 6.45) is 0. The fourth-order valence-corrected chi connectivity index (χ4v) is 3.97. The minimum atomic E-state index is -0.604. The van der Waals surface area contributed by atoms with Crippen LogP contribution in [0.4, 0.5) is 0 Å². The number of thiazole rings is 1. The first-order valence-electron chi connectivity index (χ1n) is 8.11. The zero-order valence-corrected chi connectivity index (χ0v) is 16.5. The summed E-state index contributed by atoms with van der Waals surface area (Å²) in [6, 6.07) is 11.3. The maximum absolute atomic E-state index is 12.3. The van der Waals surface area contributed by atoms with Gasteiger partial charge in [-0.3, -0.25) is 4.79 Å². The number of hydrogen-bond acceptors (Lipinski definition) is 7. The van der Waals surface area contributed by atoms with E-state index < -0.39 is 5.97 Å². The van der Waals surface area contributed by atoms with Crippen LogP contribution in [0.15, 0.2) is 47.2 Å². The first-order chi connectivity index (χ1) is 13.1. The van der Waals surface area contributed by atoms with Crippen molar-refractivity contribution in [2.75, 3.05) is 20.8 Å². The molecule has 0 radical (unpaired) electrons. The Morgan fingerprint density at radius 2 is 1.96 bits per heavy atom. The number of aromatic nitrogens is 1. The third-order valence-corrected chi connectivity index (χ3v) is 5.68. The summed E-state index contributed by atoms with van der Waals surface area (Å²) in [6.45, 7) is 0.0238. The van der Waals surface area contributed by atoms with Gasteiger partial charge in [-0.05, 0) is 17.5 Å². The molecule has 140 valence electrons. The molecule has 0 unspecified atom stereocenters. The molecule has 0 aliphatic carbocycles. The molecule has 2 aromatic heterocycles. The van der Waals surface area contributed by atoms with Crippen LogP contribution in [0, 0.1) is 0 Å². The van der Waals surface area contributed by atoms with Gasteiger partial charge in [0.2, 0.25) is 0 Å². The average molecular weight is 402 g/mol. The van der Waals surface area contributed by atoms with Crippen LogP contribution in [-0.2, 0) is 16.1 Å². The van der Waals surface area contributed by atoms with E-state index in [4.69, 9.17) is 9.47 Å². The zero-order chi connectivity index (χ0) is 19.2. The fourth-order valence-electron chi connectivity index (χ4n) is 2.37. The summed E-state index contributed by atoms with van der Waals surface area (Å²) in [5, 5.41) is 4.35. The first kappa shape index (κ1) is 19.1. The van der Waals surface area contributed by atoms with E-state index in [2.05, 4.69) is 4.98 Å². The molecule has 1 aromatic carbocycles. The first-order valence-corrected chi connectivity index (χ1v) is 9.87. The van der Waals surface area contributed by atoms with E-state index in [1.807, 2.05) is 41.8 Å². The Hall–Kier alpha value is -2.71. The number of para-hydroxylation sites is 1. The molecule has 0 aliphatic rings. The number of esters is 1. The topological polar surface area (TPSA) is 68.7 Å². The summed E-state index contributed by atoms with van der Waals surface area (Å²) in [5.41, 5.74) is 1.09. The van der Waals surface area contributed by atoms with Gasteiger partial charge in [-0.1, -0.05) is 24.3 Å². The molecule has 0 saturated heterocycles. The number of benzene rings is 1. The summed E-state index contributed by atoms with van der Waals surface area (Å²) in [7, 11) is 3.24. The normalized spacial score (nSPS) is 10.4. The van der Waals surface area contributed by atoms with E-state index in [-0.39, 0.29) is 18.2 Å². The predicted octanol–water partition coefficient (Wildman–Crippen LogP) is 3.70. The molecule has 27 heavy (non-hydrogen) atoms. The molecule has 1 amide bonds. The van der Waals surface area contributed by atoms with E-state index in [0.29, 0.717) is 12.3 Å². The second kappa shape index (κ2) is 8.79. The Morgan fingerprint density at radius 3 is 2.70 bits per heavy atom. The lowest BCUT2D eigenvalue weighted by Crippen LogP contribution is -2.31. The van der Waals surface area contributed by atoms with Crippen LogP contribution in [0.1, 0.15) is 16.1 Å². The lowest BCUT2D eigenvalue weighted by molar-refractivity contribution is -0.133. The molecular weight excluding hydrogens is 384 g/mol. The monoisotopic (exact) mass is 402 g/mol. The number of likely N-dealkylation sites (N-methyl/N-ethyl adjacent to an activating group) is 1. The molecule has 2 heterocycles. The van der Waals surface area contributed by atoms with Gasteiger partial charge in [0, 0.05) is 24.5 Å². The highest BCUT2D eigenvalue weighted by Gasteiger charge is 2.17. The summed E-state index contributed by atoms with van der Waals surface area (Å²) in [5.74, 6) is -0.200. The maximum Gasteiger partial charge on any atom is 0.358 e. The van der Waals surface area contributed by atoms with Crippen molar-refractivity contribution in [2.45, 2.75) is 6.54 Å². The van der Waals surface area contributed by atoms with Crippen molar-refractivity contribution in [1.82, 2.24) is 9.88 Å². The van der Waals surface area contributed by atoms with Crippen molar-refractivity contribution >= 4 is 34.6 Å². The van der Waals surface area contributed by atoms with E-state index >= 15 is 0 Å². The van der Waals surface area contributed by atoms with E-state index in [1.165, 1.54) is 16.2 Å². The summed E-state index contributed by atoms with van der Waals surface area (Å²) < 4.78 is 10.4. The predicted molar refractivity (Wildman–Crippen MR) is 105 cm³/mol. The number of nitrogens with zero attached hydrogens (tertiary/aromatic N) is 2. The van der Waals surface area contributed by atoms with Crippen LogP contribution in [0.25, 0.3) is 9.88 Å². The van der Waals surface area contributed by atoms with Gasteiger partial charge >= 0.3 is 5.97 Å². The largest absolute Gasteiger partial charge is 0.496 e. The van der Waals surface area contributed by atoms with Crippen molar-refractivity contribution in [3.8, 4) is 15.6 Å². The molecule has 0 fully saturated rings. The number of hydrogen-bond donors (Lipinski definition) is 0. The summed E-state index contributed by atoms with van der Waals surface area (Å²) in [4.78, 5) is 31.2. The fraction of sp³-hybridized carbons (Fsp3) is 0.211. The van der Waals surface area contributed by atoms with Gasteiger partial charge in [0.25, 0.3) is 5.91 Å². The number of carbonyl (C=O) groups is 2. The second-order valence-electron chi connectivity index (χ2n) is 5.65. The average Bonchev–Trinajstić information content (AvgIpc) is 3.37. The number of rotatable bonds is 7. The number of methoxy groups -OCH3 is 1.